The van der Waals surface area contributed by atoms with Gasteiger partial charge in [0.1, 0.15) is 12.1 Å². The number of hydrogen-bond donors (Lipinski definition) is 2. The van der Waals surface area contributed by atoms with Crippen molar-refractivity contribution in [2.75, 3.05) is 0 Å². The average molecular weight is 269 g/mol. The standard InChI is InChI=1S/C15H22ClNO/c1-10(2)13(18)14(17)15(8-3-9-15)11-4-6-12(16)7-5-11/h4-7,10,13-14,18H,3,8-9,17H2,1-2H3/p+1/t13-,14-/m0/s1. The Labute approximate surface area is 114 Å². The second-order valence-corrected chi connectivity index (χ2v) is 6.29. The number of rotatable bonds is 4. The maximum atomic E-state index is 10.3. The third-order valence-electron chi connectivity index (χ3n) is 4.47. The molecular weight excluding hydrogens is 246 g/mol. The maximum Gasteiger partial charge on any atom is 0.121 e. The van der Waals surface area contributed by atoms with E-state index in [1.54, 1.807) is 0 Å². The molecule has 1 aromatic carbocycles. The van der Waals surface area contributed by atoms with Crippen molar-refractivity contribution in [3.05, 3.63) is 34.9 Å². The molecule has 1 fully saturated rings. The van der Waals surface area contributed by atoms with Gasteiger partial charge in [0.25, 0.3) is 0 Å². The molecule has 2 rings (SSSR count). The SMILES string of the molecule is CC(C)[C@H](O)[C@H]([NH3+])C1(c2ccc(Cl)cc2)CCC1. The van der Waals surface area contributed by atoms with E-state index in [0.29, 0.717) is 0 Å². The molecule has 1 saturated carbocycles. The van der Waals surface area contributed by atoms with Crippen LogP contribution in [0.4, 0.5) is 0 Å². The number of aliphatic hydroxyl groups is 1. The number of quaternary nitrogens is 1. The Hall–Kier alpha value is -0.570. The zero-order valence-corrected chi connectivity index (χ0v) is 12.0. The molecule has 0 spiro atoms. The molecule has 1 aliphatic rings. The highest BCUT2D eigenvalue weighted by Crippen LogP contribution is 2.46. The molecule has 0 aliphatic heterocycles. The number of hydrogen-bond acceptors (Lipinski definition) is 1. The van der Waals surface area contributed by atoms with E-state index in [2.05, 4.69) is 31.7 Å². The first-order chi connectivity index (χ1) is 8.47. The summed E-state index contributed by atoms with van der Waals surface area (Å²) in [7, 11) is 0. The van der Waals surface area contributed by atoms with Crippen molar-refractivity contribution in [1.82, 2.24) is 0 Å². The summed E-state index contributed by atoms with van der Waals surface area (Å²) in [5.41, 5.74) is 5.59. The first-order valence-electron chi connectivity index (χ1n) is 6.74. The fourth-order valence-electron chi connectivity index (χ4n) is 3.00. The van der Waals surface area contributed by atoms with Crippen LogP contribution in [0.2, 0.25) is 5.02 Å². The molecule has 3 heteroatoms. The van der Waals surface area contributed by atoms with E-state index in [1.165, 1.54) is 12.0 Å². The zero-order chi connectivity index (χ0) is 13.3. The molecule has 18 heavy (non-hydrogen) atoms. The van der Waals surface area contributed by atoms with Crippen molar-refractivity contribution in [2.24, 2.45) is 5.92 Å². The molecule has 0 saturated heterocycles. The summed E-state index contributed by atoms with van der Waals surface area (Å²) in [5, 5.41) is 11.1. The van der Waals surface area contributed by atoms with Crippen molar-refractivity contribution in [1.29, 1.82) is 0 Å². The van der Waals surface area contributed by atoms with Crippen LogP contribution in [0.1, 0.15) is 38.7 Å². The molecule has 1 aliphatic carbocycles. The molecule has 2 nitrogen and oxygen atoms in total. The topological polar surface area (TPSA) is 47.9 Å². The Kier molecular flexibility index (Phi) is 4.00. The summed E-state index contributed by atoms with van der Waals surface area (Å²) in [6.45, 7) is 4.11. The van der Waals surface area contributed by atoms with Crippen LogP contribution in [0.25, 0.3) is 0 Å². The first-order valence-corrected chi connectivity index (χ1v) is 7.12. The first kappa shape index (κ1) is 13.9. The van der Waals surface area contributed by atoms with Crippen LogP contribution in [0.15, 0.2) is 24.3 Å². The fourth-order valence-corrected chi connectivity index (χ4v) is 3.13. The summed E-state index contributed by atoms with van der Waals surface area (Å²) in [6, 6.07) is 8.10. The minimum Gasteiger partial charge on any atom is -0.387 e. The number of benzene rings is 1. The minimum atomic E-state index is -0.346. The van der Waals surface area contributed by atoms with Crippen LogP contribution in [-0.4, -0.2) is 17.3 Å². The quantitative estimate of drug-likeness (QED) is 0.866. The van der Waals surface area contributed by atoms with Gasteiger partial charge in [-0.1, -0.05) is 44.0 Å². The molecule has 2 atom stereocenters. The molecular formula is C15H23ClNO+. The van der Waals surface area contributed by atoms with Gasteiger partial charge in [0.05, 0.1) is 0 Å². The Morgan fingerprint density at radius 1 is 1.22 bits per heavy atom. The molecule has 0 unspecified atom stereocenters. The van der Waals surface area contributed by atoms with Gasteiger partial charge in [0.2, 0.25) is 0 Å². The maximum absolute atomic E-state index is 10.3. The van der Waals surface area contributed by atoms with Crippen molar-refractivity contribution < 1.29 is 10.8 Å². The summed E-state index contributed by atoms with van der Waals surface area (Å²) in [6.07, 6.45) is 3.11. The van der Waals surface area contributed by atoms with Crippen LogP contribution in [0, 0.1) is 5.92 Å². The van der Waals surface area contributed by atoms with Gasteiger partial charge in [-0.3, -0.25) is 0 Å². The lowest BCUT2D eigenvalue weighted by Gasteiger charge is -2.46. The second-order valence-electron chi connectivity index (χ2n) is 5.86. The van der Waals surface area contributed by atoms with E-state index in [-0.39, 0.29) is 23.5 Å². The number of halogens is 1. The summed E-state index contributed by atoms with van der Waals surface area (Å²) >= 11 is 5.95. The molecule has 0 bridgehead atoms. The Morgan fingerprint density at radius 3 is 2.17 bits per heavy atom. The lowest BCUT2D eigenvalue weighted by Crippen LogP contribution is -2.77. The lowest BCUT2D eigenvalue weighted by atomic mass is 9.58. The van der Waals surface area contributed by atoms with Gasteiger partial charge in [-0.25, -0.2) is 0 Å². The Bertz CT molecular complexity index is 397. The van der Waals surface area contributed by atoms with Gasteiger partial charge < -0.3 is 10.8 Å². The molecule has 4 N–H and O–H groups in total. The van der Waals surface area contributed by atoms with E-state index in [9.17, 15) is 5.11 Å². The van der Waals surface area contributed by atoms with Gasteiger partial charge in [0.15, 0.2) is 0 Å². The van der Waals surface area contributed by atoms with Crippen LogP contribution >= 0.6 is 11.6 Å². The van der Waals surface area contributed by atoms with Gasteiger partial charge in [-0.05, 0) is 36.5 Å². The second kappa shape index (κ2) is 5.20. The Morgan fingerprint density at radius 2 is 1.78 bits per heavy atom. The van der Waals surface area contributed by atoms with Crippen LogP contribution < -0.4 is 5.73 Å². The van der Waals surface area contributed by atoms with Gasteiger partial charge in [-0.15, -0.1) is 0 Å². The molecule has 0 radical (unpaired) electrons. The highest BCUT2D eigenvalue weighted by molar-refractivity contribution is 6.30. The summed E-state index contributed by atoms with van der Waals surface area (Å²) in [5.74, 6) is 0.247. The van der Waals surface area contributed by atoms with E-state index >= 15 is 0 Å². The molecule has 0 aromatic heterocycles. The highest BCUT2D eigenvalue weighted by Gasteiger charge is 2.49. The molecule has 0 heterocycles. The van der Waals surface area contributed by atoms with Crippen LogP contribution in [-0.2, 0) is 5.41 Å². The monoisotopic (exact) mass is 268 g/mol. The fraction of sp³-hybridized carbons (Fsp3) is 0.600. The smallest absolute Gasteiger partial charge is 0.121 e. The minimum absolute atomic E-state index is 0.0485. The average Bonchev–Trinajstić information content (AvgIpc) is 2.28. The predicted octanol–water partition coefficient (Wildman–Crippen LogP) is 2.39. The number of aliphatic hydroxyl groups excluding tert-OH is 1. The normalized spacial score (nSPS) is 21.4. The summed E-state index contributed by atoms with van der Waals surface area (Å²) < 4.78 is 0. The van der Waals surface area contributed by atoms with E-state index < -0.39 is 0 Å². The van der Waals surface area contributed by atoms with Crippen LogP contribution in [0.3, 0.4) is 0 Å². The third kappa shape index (κ3) is 2.29. The Balaban J connectivity index is 2.28. The summed E-state index contributed by atoms with van der Waals surface area (Å²) in [4.78, 5) is 0. The van der Waals surface area contributed by atoms with Crippen molar-refractivity contribution in [2.45, 2.75) is 50.7 Å². The van der Waals surface area contributed by atoms with Gasteiger partial charge in [0, 0.05) is 10.4 Å². The molecule has 100 valence electrons. The predicted molar refractivity (Wildman–Crippen MR) is 74.5 cm³/mol. The van der Waals surface area contributed by atoms with Gasteiger partial charge in [-0.2, -0.15) is 0 Å². The largest absolute Gasteiger partial charge is 0.387 e. The van der Waals surface area contributed by atoms with Crippen LogP contribution in [0.5, 0.6) is 0 Å². The van der Waals surface area contributed by atoms with E-state index in [0.717, 1.165) is 17.9 Å². The van der Waals surface area contributed by atoms with Crippen molar-refractivity contribution in [3.8, 4) is 0 Å². The van der Waals surface area contributed by atoms with Crippen molar-refractivity contribution >= 4 is 11.6 Å². The van der Waals surface area contributed by atoms with E-state index in [1.807, 2.05) is 12.1 Å². The lowest BCUT2D eigenvalue weighted by molar-refractivity contribution is -0.463. The third-order valence-corrected chi connectivity index (χ3v) is 4.72. The molecule has 1 aromatic rings. The van der Waals surface area contributed by atoms with Crippen molar-refractivity contribution in [3.63, 3.8) is 0 Å². The highest BCUT2D eigenvalue weighted by atomic mass is 35.5. The zero-order valence-electron chi connectivity index (χ0n) is 11.2. The molecule has 0 amide bonds. The van der Waals surface area contributed by atoms with E-state index in [4.69, 9.17) is 11.6 Å². The van der Waals surface area contributed by atoms with Gasteiger partial charge >= 0.3 is 0 Å².